The summed E-state index contributed by atoms with van der Waals surface area (Å²) in [6, 6.07) is 12.5. The van der Waals surface area contributed by atoms with Crippen molar-refractivity contribution in [3.63, 3.8) is 0 Å². The minimum Gasteiger partial charge on any atom is -0.507 e. The van der Waals surface area contributed by atoms with Crippen molar-refractivity contribution in [3.05, 3.63) is 70.3 Å². The smallest absolute Gasteiger partial charge is 0.295 e. The van der Waals surface area contributed by atoms with Crippen molar-refractivity contribution in [1.82, 2.24) is 9.80 Å². The monoisotopic (exact) mass is 464 g/mol. The molecule has 34 heavy (non-hydrogen) atoms. The van der Waals surface area contributed by atoms with E-state index in [1.54, 1.807) is 11.0 Å². The first-order valence-corrected chi connectivity index (χ1v) is 12.0. The van der Waals surface area contributed by atoms with Gasteiger partial charge in [0.25, 0.3) is 11.7 Å². The number of ether oxygens (including phenoxy) is 1. The molecule has 182 valence electrons. The first-order valence-electron chi connectivity index (χ1n) is 12.0. The number of amides is 1. The Kier molecular flexibility index (Phi) is 8.51. The lowest BCUT2D eigenvalue weighted by atomic mass is 9.94. The minimum atomic E-state index is -0.645. The molecule has 1 aliphatic rings. The average Bonchev–Trinajstić information content (AvgIpc) is 3.05. The summed E-state index contributed by atoms with van der Waals surface area (Å²) in [5.41, 5.74) is 3.41. The summed E-state index contributed by atoms with van der Waals surface area (Å²) in [7, 11) is 3.95. The summed E-state index contributed by atoms with van der Waals surface area (Å²) in [4.78, 5) is 29.8. The molecule has 0 saturated carbocycles. The molecule has 1 heterocycles. The molecule has 6 nitrogen and oxygen atoms in total. The summed E-state index contributed by atoms with van der Waals surface area (Å²) in [6.45, 7) is 7.87. The summed E-state index contributed by atoms with van der Waals surface area (Å²) in [6.07, 6.45) is 2.74. The van der Waals surface area contributed by atoms with E-state index in [9.17, 15) is 14.7 Å². The predicted molar refractivity (Wildman–Crippen MR) is 135 cm³/mol. The fourth-order valence-electron chi connectivity index (χ4n) is 4.20. The lowest BCUT2D eigenvalue weighted by Gasteiger charge is -2.26. The molecule has 3 rings (SSSR count). The van der Waals surface area contributed by atoms with Gasteiger partial charge in [0.1, 0.15) is 11.5 Å². The van der Waals surface area contributed by atoms with Crippen LogP contribution in [0.5, 0.6) is 5.75 Å². The second-order valence-electron chi connectivity index (χ2n) is 9.24. The number of unbranched alkanes of at least 4 members (excludes halogenated alkanes) is 1. The lowest BCUT2D eigenvalue weighted by molar-refractivity contribution is -0.139. The number of hydrogen-bond acceptors (Lipinski definition) is 5. The van der Waals surface area contributed by atoms with Gasteiger partial charge in [-0.25, -0.2) is 0 Å². The van der Waals surface area contributed by atoms with Crippen LogP contribution < -0.4 is 4.74 Å². The van der Waals surface area contributed by atoms with Gasteiger partial charge in [-0.15, -0.1) is 0 Å². The fraction of sp³-hybridized carbons (Fsp3) is 0.429. The van der Waals surface area contributed by atoms with Gasteiger partial charge >= 0.3 is 0 Å². The number of likely N-dealkylation sites (tertiary alicyclic amines) is 1. The van der Waals surface area contributed by atoms with E-state index in [4.69, 9.17) is 4.74 Å². The lowest BCUT2D eigenvalue weighted by Crippen LogP contribution is -2.32. The predicted octanol–water partition coefficient (Wildman–Crippen LogP) is 4.86. The van der Waals surface area contributed by atoms with Crippen LogP contribution in [0.15, 0.2) is 48.0 Å². The average molecular weight is 465 g/mol. The fourth-order valence-corrected chi connectivity index (χ4v) is 4.20. The van der Waals surface area contributed by atoms with Gasteiger partial charge in [-0.1, -0.05) is 43.2 Å². The van der Waals surface area contributed by atoms with E-state index in [2.05, 4.69) is 6.92 Å². The normalized spacial score (nSPS) is 17.6. The number of nitrogens with zero attached hydrogens (tertiary/aromatic N) is 2. The van der Waals surface area contributed by atoms with Gasteiger partial charge in [-0.2, -0.15) is 0 Å². The van der Waals surface area contributed by atoms with Crippen LogP contribution in [0.25, 0.3) is 5.76 Å². The number of aliphatic hydroxyl groups is 1. The zero-order chi connectivity index (χ0) is 24.8. The van der Waals surface area contributed by atoms with E-state index in [0.717, 1.165) is 48.2 Å². The van der Waals surface area contributed by atoms with Gasteiger partial charge in [-0.3, -0.25) is 9.59 Å². The highest BCUT2D eigenvalue weighted by atomic mass is 16.5. The Labute approximate surface area is 202 Å². The molecule has 1 amide bonds. The number of ketones is 1. The summed E-state index contributed by atoms with van der Waals surface area (Å²) < 4.78 is 5.83. The molecule has 0 unspecified atom stereocenters. The van der Waals surface area contributed by atoms with Gasteiger partial charge in [0.2, 0.25) is 0 Å². The van der Waals surface area contributed by atoms with Crippen molar-refractivity contribution < 1.29 is 19.4 Å². The molecule has 1 atom stereocenters. The number of aliphatic hydroxyl groups excluding tert-OH is 1. The third-order valence-electron chi connectivity index (χ3n) is 6.14. The molecule has 1 aliphatic heterocycles. The van der Waals surface area contributed by atoms with Crippen LogP contribution >= 0.6 is 0 Å². The Hall–Kier alpha value is -3.12. The molecule has 1 saturated heterocycles. The van der Waals surface area contributed by atoms with Gasteiger partial charge in [0, 0.05) is 12.1 Å². The van der Waals surface area contributed by atoms with E-state index in [0.29, 0.717) is 18.7 Å². The molecule has 0 radical (unpaired) electrons. The quantitative estimate of drug-likeness (QED) is 0.235. The first-order chi connectivity index (χ1) is 16.2. The van der Waals surface area contributed by atoms with E-state index >= 15 is 0 Å². The molecule has 0 aliphatic carbocycles. The largest absolute Gasteiger partial charge is 0.507 e. The number of hydrogen-bond donors (Lipinski definition) is 1. The van der Waals surface area contributed by atoms with Crippen molar-refractivity contribution in [3.8, 4) is 5.75 Å². The van der Waals surface area contributed by atoms with E-state index in [1.807, 2.05) is 69.2 Å². The second kappa shape index (κ2) is 11.3. The maximum atomic E-state index is 13.2. The van der Waals surface area contributed by atoms with E-state index < -0.39 is 17.7 Å². The topological polar surface area (TPSA) is 70.1 Å². The maximum Gasteiger partial charge on any atom is 0.295 e. The van der Waals surface area contributed by atoms with E-state index in [-0.39, 0.29) is 11.3 Å². The number of carbonyl (C=O) groups excluding carboxylic acids is 2. The summed E-state index contributed by atoms with van der Waals surface area (Å²) in [5.74, 6) is -0.609. The van der Waals surface area contributed by atoms with Crippen LogP contribution in [-0.4, -0.2) is 60.4 Å². The van der Waals surface area contributed by atoms with Crippen molar-refractivity contribution in [2.45, 2.75) is 46.1 Å². The highest BCUT2D eigenvalue weighted by molar-refractivity contribution is 6.46. The minimum absolute atomic E-state index is 0.137. The number of carbonyl (C=O) groups is 2. The Morgan fingerprint density at radius 2 is 1.76 bits per heavy atom. The second-order valence-corrected chi connectivity index (χ2v) is 9.24. The van der Waals surface area contributed by atoms with Crippen molar-refractivity contribution >= 4 is 17.4 Å². The molecular formula is C28H36N2O4. The zero-order valence-corrected chi connectivity index (χ0v) is 20.9. The zero-order valence-electron chi connectivity index (χ0n) is 20.9. The summed E-state index contributed by atoms with van der Waals surface area (Å²) in [5, 5.41) is 11.3. The number of benzene rings is 2. The van der Waals surface area contributed by atoms with Crippen LogP contribution in [0.3, 0.4) is 0 Å². The van der Waals surface area contributed by atoms with Crippen molar-refractivity contribution in [1.29, 1.82) is 0 Å². The molecular weight excluding hydrogens is 428 g/mol. The Morgan fingerprint density at radius 1 is 1.06 bits per heavy atom. The molecule has 2 aromatic carbocycles. The molecule has 6 heteroatoms. The molecule has 0 bridgehead atoms. The first kappa shape index (κ1) is 25.5. The van der Waals surface area contributed by atoms with Gasteiger partial charge in [0.05, 0.1) is 18.2 Å². The van der Waals surface area contributed by atoms with Gasteiger partial charge < -0.3 is 19.6 Å². The Balaban J connectivity index is 2.02. The maximum absolute atomic E-state index is 13.2. The third-order valence-corrected chi connectivity index (χ3v) is 6.14. The molecule has 2 aromatic rings. The van der Waals surface area contributed by atoms with Crippen LogP contribution in [0.2, 0.25) is 0 Å². The third kappa shape index (κ3) is 5.68. The Bertz CT molecular complexity index is 1060. The van der Waals surface area contributed by atoms with Crippen molar-refractivity contribution in [2.75, 3.05) is 33.8 Å². The molecule has 0 spiro atoms. The van der Waals surface area contributed by atoms with Crippen LogP contribution in [0.1, 0.15) is 54.5 Å². The highest BCUT2D eigenvalue weighted by Gasteiger charge is 2.45. The van der Waals surface area contributed by atoms with E-state index in [1.165, 1.54) is 0 Å². The van der Waals surface area contributed by atoms with Gasteiger partial charge in [0.15, 0.2) is 0 Å². The van der Waals surface area contributed by atoms with Crippen LogP contribution in [-0.2, 0) is 9.59 Å². The van der Waals surface area contributed by atoms with Gasteiger partial charge in [-0.05, 0) is 76.7 Å². The number of rotatable bonds is 10. The SMILES string of the molecule is CCCCOc1ccc(C(O)=C2C(=O)C(=O)N(CCCN(C)C)[C@H]2c2ccc(C)cc2)cc1C. The number of Topliss-reactive ketones (excluding diaryl/α,β-unsaturated/α-hetero) is 1. The highest BCUT2D eigenvalue weighted by Crippen LogP contribution is 2.40. The molecule has 1 N–H and O–H groups in total. The number of aryl methyl sites for hydroxylation is 2. The van der Waals surface area contributed by atoms with Crippen LogP contribution in [0, 0.1) is 13.8 Å². The Morgan fingerprint density at radius 3 is 2.38 bits per heavy atom. The molecule has 0 aromatic heterocycles. The standard InChI is InChI=1S/C28H36N2O4/c1-6-7-17-34-23-14-13-22(18-20(23)3)26(31)24-25(21-11-9-19(2)10-12-21)30(28(33)27(24)32)16-8-15-29(4)5/h9-14,18,25,31H,6-8,15-17H2,1-5H3/t25-/m0/s1. The van der Waals surface area contributed by atoms with Crippen molar-refractivity contribution in [2.24, 2.45) is 0 Å². The molecule has 1 fully saturated rings. The summed E-state index contributed by atoms with van der Waals surface area (Å²) >= 11 is 0. The van der Waals surface area contributed by atoms with Crippen LogP contribution in [0.4, 0.5) is 0 Å².